The lowest BCUT2D eigenvalue weighted by atomic mass is 10.2. The molecule has 0 aromatic heterocycles. The second kappa shape index (κ2) is 5.17. The van der Waals surface area contributed by atoms with Gasteiger partial charge in [-0.2, -0.15) is 0 Å². The molecule has 0 unspecified atom stereocenters. The van der Waals surface area contributed by atoms with Crippen LogP contribution in [0.15, 0.2) is 11.6 Å². The Balaban J connectivity index is 3.38. The van der Waals surface area contributed by atoms with Gasteiger partial charge in [0.2, 0.25) is 0 Å². The maximum atomic E-state index is 5.58. The third kappa shape index (κ3) is 3.09. The number of allylic oxidation sites excluding steroid dienone is 2. The smallest absolute Gasteiger partial charge is 0.0433 e. The van der Waals surface area contributed by atoms with Crippen LogP contribution in [-0.4, -0.2) is 5.88 Å². The number of alkyl halides is 1. The van der Waals surface area contributed by atoms with Crippen molar-refractivity contribution in [3.05, 3.63) is 11.6 Å². The molecule has 0 fully saturated rings. The Kier molecular flexibility index (Phi) is 5.19. The van der Waals surface area contributed by atoms with Gasteiger partial charge in [0.15, 0.2) is 0 Å². The number of hydrogen-bond acceptors (Lipinski definition) is 0. The summed E-state index contributed by atoms with van der Waals surface area (Å²) in [6, 6.07) is 0. The summed E-state index contributed by atoms with van der Waals surface area (Å²) >= 11 is 5.58. The van der Waals surface area contributed by atoms with E-state index in [0.717, 1.165) is 6.42 Å². The summed E-state index contributed by atoms with van der Waals surface area (Å²) in [4.78, 5) is 0. The van der Waals surface area contributed by atoms with Crippen molar-refractivity contribution in [1.29, 1.82) is 0 Å². The molecule has 0 aromatic carbocycles. The minimum absolute atomic E-state index is 0.699. The lowest BCUT2D eigenvalue weighted by molar-refractivity contribution is 0.905. The SMILES string of the molecule is C/C=C(/CCl)CCC. The van der Waals surface area contributed by atoms with E-state index >= 15 is 0 Å². The number of halogens is 1. The second-order valence-corrected chi connectivity index (χ2v) is 2.10. The van der Waals surface area contributed by atoms with Gasteiger partial charge in [-0.25, -0.2) is 0 Å². The van der Waals surface area contributed by atoms with E-state index in [0.29, 0.717) is 5.88 Å². The predicted molar refractivity (Wildman–Crippen MR) is 39.4 cm³/mol. The molecule has 8 heavy (non-hydrogen) atoms. The van der Waals surface area contributed by atoms with Gasteiger partial charge in [0.25, 0.3) is 0 Å². The Morgan fingerprint density at radius 2 is 2.25 bits per heavy atom. The first-order valence-electron chi connectivity index (χ1n) is 3.05. The van der Waals surface area contributed by atoms with Crippen molar-refractivity contribution in [2.24, 2.45) is 0 Å². The largest absolute Gasteiger partial charge is 0.122 e. The summed E-state index contributed by atoms with van der Waals surface area (Å²) in [6.07, 6.45) is 4.45. The topological polar surface area (TPSA) is 0 Å². The van der Waals surface area contributed by atoms with Crippen LogP contribution in [0.1, 0.15) is 26.7 Å². The molecule has 0 heterocycles. The molecule has 0 aliphatic rings. The summed E-state index contributed by atoms with van der Waals surface area (Å²) in [7, 11) is 0. The van der Waals surface area contributed by atoms with Gasteiger partial charge in [-0.3, -0.25) is 0 Å². The zero-order valence-corrected chi connectivity index (χ0v) is 6.33. The van der Waals surface area contributed by atoms with Crippen LogP contribution in [0.5, 0.6) is 0 Å². The Hall–Kier alpha value is 0.0300. The molecule has 0 spiro atoms. The Morgan fingerprint density at radius 1 is 1.62 bits per heavy atom. The van der Waals surface area contributed by atoms with E-state index in [-0.39, 0.29) is 0 Å². The van der Waals surface area contributed by atoms with E-state index in [1.54, 1.807) is 0 Å². The second-order valence-electron chi connectivity index (χ2n) is 1.83. The number of hydrogen-bond donors (Lipinski definition) is 0. The summed E-state index contributed by atoms with van der Waals surface area (Å²) in [5.41, 5.74) is 1.36. The lowest BCUT2D eigenvalue weighted by Crippen LogP contribution is -1.81. The van der Waals surface area contributed by atoms with Crippen LogP contribution in [-0.2, 0) is 0 Å². The van der Waals surface area contributed by atoms with E-state index in [4.69, 9.17) is 11.6 Å². The van der Waals surface area contributed by atoms with Crippen molar-refractivity contribution >= 4 is 11.6 Å². The summed E-state index contributed by atoms with van der Waals surface area (Å²) in [5, 5.41) is 0. The molecule has 0 nitrogen and oxygen atoms in total. The molecule has 48 valence electrons. The monoisotopic (exact) mass is 132 g/mol. The van der Waals surface area contributed by atoms with Crippen LogP contribution in [0, 0.1) is 0 Å². The summed E-state index contributed by atoms with van der Waals surface area (Å²) in [5.74, 6) is 0.699. The molecular formula is C7H13Cl. The molecule has 0 radical (unpaired) electrons. The maximum Gasteiger partial charge on any atom is 0.0433 e. The van der Waals surface area contributed by atoms with Crippen LogP contribution in [0.2, 0.25) is 0 Å². The van der Waals surface area contributed by atoms with E-state index in [2.05, 4.69) is 13.0 Å². The van der Waals surface area contributed by atoms with Gasteiger partial charge in [0, 0.05) is 5.88 Å². The molecule has 0 bridgehead atoms. The van der Waals surface area contributed by atoms with Crippen molar-refractivity contribution in [3.8, 4) is 0 Å². The Labute approximate surface area is 56.5 Å². The van der Waals surface area contributed by atoms with Gasteiger partial charge in [0.1, 0.15) is 0 Å². The average Bonchev–Trinajstić information content (AvgIpc) is 1.83. The molecule has 0 aliphatic heterocycles. The van der Waals surface area contributed by atoms with Crippen LogP contribution in [0.4, 0.5) is 0 Å². The highest BCUT2D eigenvalue weighted by atomic mass is 35.5. The highest BCUT2D eigenvalue weighted by molar-refractivity contribution is 6.19. The van der Waals surface area contributed by atoms with Crippen molar-refractivity contribution in [3.63, 3.8) is 0 Å². The van der Waals surface area contributed by atoms with Crippen LogP contribution < -0.4 is 0 Å². The molecular weight excluding hydrogens is 120 g/mol. The normalized spacial score (nSPS) is 12.1. The van der Waals surface area contributed by atoms with Gasteiger partial charge >= 0.3 is 0 Å². The molecule has 0 rings (SSSR count). The average molecular weight is 133 g/mol. The third-order valence-electron chi connectivity index (χ3n) is 1.15. The molecule has 0 saturated heterocycles. The first kappa shape index (κ1) is 8.03. The maximum absolute atomic E-state index is 5.58. The van der Waals surface area contributed by atoms with Crippen LogP contribution >= 0.6 is 11.6 Å². The van der Waals surface area contributed by atoms with Crippen LogP contribution in [0.25, 0.3) is 0 Å². The third-order valence-corrected chi connectivity index (χ3v) is 1.49. The van der Waals surface area contributed by atoms with Crippen LogP contribution in [0.3, 0.4) is 0 Å². The van der Waals surface area contributed by atoms with E-state index in [1.807, 2.05) is 6.92 Å². The molecule has 0 saturated carbocycles. The first-order chi connectivity index (χ1) is 3.85. The van der Waals surface area contributed by atoms with Crippen molar-refractivity contribution < 1.29 is 0 Å². The van der Waals surface area contributed by atoms with Crippen molar-refractivity contribution in [2.45, 2.75) is 26.7 Å². The van der Waals surface area contributed by atoms with Gasteiger partial charge in [-0.15, -0.1) is 11.6 Å². The fourth-order valence-corrected chi connectivity index (χ4v) is 0.897. The van der Waals surface area contributed by atoms with Gasteiger partial charge in [0.05, 0.1) is 0 Å². The van der Waals surface area contributed by atoms with Gasteiger partial charge in [-0.05, 0) is 13.3 Å². The molecule has 1 heteroatoms. The fourth-order valence-electron chi connectivity index (χ4n) is 0.609. The molecule has 0 amide bonds. The quantitative estimate of drug-likeness (QED) is 0.409. The minimum Gasteiger partial charge on any atom is -0.122 e. The van der Waals surface area contributed by atoms with Crippen molar-refractivity contribution in [1.82, 2.24) is 0 Å². The van der Waals surface area contributed by atoms with E-state index in [9.17, 15) is 0 Å². The zero-order valence-electron chi connectivity index (χ0n) is 5.58. The highest BCUT2D eigenvalue weighted by Gasteiger charge is 1.88. The summed E-state index contributed by atoms with van der Waals surface area (Å²) in [6.45, 7) is 4.20. The predicted octanol–water partition coefficient (Wildman–Crippen LogP) is 2.97. The zero-order chi connectivity index (χ0) is 6.41. The standard InChI is InChI=1S/C7H13Cl/c1-3-5-7(4-2)6-8/h4H,3,5-6H2,1-2H3/b7-4+. The molecule has 0 aromatic rings. The Morgan fingerprint density at radius 3 is 2.38 bits per heavy atom. The fraction of sp³-hybridized carbons (Fsp3) is 0.714. The van der Waals surface area contributed by atoms with Gasteiger partial charge < -0.3 is 0 Å². The lowest BCUT2D eigenvalue weighted by Gasteiger charge is -1.95. The Bertz CT molecular complexity index is 74.5. The minimum atomic E-state index is 0.699. The number of rotatable bonds is 3. The first-order valence-corrected chi connectivity index (χ1v) is 3.58. The summed E-state index contributed by atoms with van der Waals surface area (Å²) < 4.78 is 0. The highest BCUT2D eigenvalue weighted by Crippen LogP contribution is 2.05. The van der Waals surface area contributed by atoms with E-state index in [1.165, 1.54) is 12.0 Å². The van der Waals surface area contributed by atoms with E-state index < -0.39 is 0 Å². The van der Waals surface area contributed by atoms with Gasteiger partial charge in [-0.1, -0.05) is 25.0 Å². The molecule has 0 N–H and O–H groups in total. The molecule has 0 aliphatic carbocycles. The molecule has 0 atom stereocenters. The van der Waals surface area contributed by atoms with Crippen molar-refractivity contribution in [2.75, 3.05) is 5.88 Å².